The van der Waals surface area contributed by atoms with Crippen molar-refractivity contribution >= 4 is 34.1 Å². The fourth-order valence-corrected chi connectivity index (χ4v) is 4.04. The summed E-state index contributed by atoms with van der Waals surface area (Å²) in [4.78, 5) is 3.55. The number of hydrogen-bond acceptors (Lipinski definition) is 2. The van der Waals surface area contributed by atoms with Crippen LogP contribution in [0.5, 0.6) is 5.75 Å². The Morgan fingerprint density at radius 3 is 2.83 bits per heavy atom. The van der Waals surface area contributed by atoms with Crippen molar-refractivity contribution < 1.29 is 4.74 Å². The molecule has 0 aliphatic carbocycles. The van der Waals surface area contributed by atoms with Crippen molar-refractivity contribution in [1.29, 1.82) is 0 Å². The first-order chi connectivity index (χ1) is 11.2. The van der Waals surface area contributed by atoms with Gasteiger partial charge in [0.25, 0.3) is 0 Å². The van der Waals surface area contributed by atoms with Gasteiger partial charge in [0.1, 0.15) is 5.75 Å². The molecule has 0 fully saturated rings. The molecule has 1 unspecified atom stereocenters. The third kappa shape index (κ3) is 2.40. The summed E-state index contributed by atoms with van der Waals surface area (Å²) in [6, 6.07) is 12.0. The minimum Gasteiger partial charge on any atom is -0.495 e. The fraction of sp³-hybridized carbons (Fsp3) is 0.222. The van der Waals surface area contributed by atoms with Crippen molar-refractivity contribution in [3.63, 3.8) is 0 Å². The molecule has 1 aliphatic heterocycles. The second-order valence-corrected chi connectivity index (χ2v) is 6.55. The zero-order valence-electron chi connectivity index (χ0n) is 12.6. The molecule has 1 aliphatic rings. The van der Waals surface area contributed by atoms with Crippen LogP contribution in [0.25, 0.3) is 10.9 Å². The van der Waals surface area contributed by atoms with Crippen molar-refractivity contribution in [2.24, 2.45) is 0 Å². The Balaban J connectivity index is 1.93. The third-order valence-electron chi connectivity index (χ3n) is 4.41. The van der Waals surface area contributed by atoms with Gasteiger partial charge in [-0.2, -0.15) is 0 Å². The van der Waals surface area contributed by atoms with Crippen LogP contribution < -0.4 is 10.1 Å². The molecule has 2 N–H and O–H groups in total. The van der Waals surface area contributed by atoms with E-state index in [1.165, 1.54) is 10.9 Å². The van der Waals surface area contributed by atoms with Crippen LogP contribution in [-0.4, -0.2) is 18.6 Å². The van der Waals surface area contributed by atoms with E-state index in [9.17, 15) is 0 Å². The van der Waals surface area contributed by atoms with Gasteiger partial charge >= 0.3 is 0 Å². The van der Waals surface area contributed by atoms with E-state index < -0.39 is 0 Å². The first-order valence-electron chi connectivity index (χ1n) is 7.55. The van der Waals surface area contributed by atoms with Gasteiger partial charge in [0, 0.05) is 33.7 Å². The smallest absolute Gasteiger partial charge is 0.142 e. The van der Waals surface area contributed by atoms with Crippen LogP contribution in [0.3, 0.4) is 0 Å². The molecule has 23 heavy (non-hydrogen) atoms. The number of methoxy groups -OCH3 is 1. The second-order valence-electron chi connectivity index (χ2n) is 5.71. The Labute approximate surface area is 144 Å². The van der Waals surface area contributed by atoms with Gasteiger partial charge in [-0.05, 0) is 30.2 Å². The van der Waals surface area contributed by atoms with Gasteiger partial charge in [0.2, 0.25) is 0 Å². The number of para-hydroxylation sites is 1. The van der Waals surface area contributed by atoms with Crippen LogP contribution in [0.1, 0.15) is 22.9 Å². The number of aromatic nitrogens is 1. The Bertz CT molecular complexity index is 888. The third-order valence-corrected chi connectivity index (χ3v) is 4.91. The summed E-state index contributed by atoms with van der Waals surface area (Å²) in [6.07, 6.45) is 0.993. The van der Waals surface area contributed by atoms with Gasteiger partial charge in [-0.15, -0.1) is 0 Å². The minimum absolute atomic E-state index is 0.0164. The van der Waals surface area contributed by atoms with E-state index in [0.717, 1.165) is 29.7 Å². The van der Waals surface area contributed by atoms with E-state index in [2.05, 4.69) is 28.5 Å². The minimum atomic E-state index is -0.0164. The molecule has 3 aromatic rings. The molecule has 3 nitrogen and oxygen atoms in total. The maximum absolute atomic E-state index is 6.31. The van der Waals surface area contributed by atoms with Crippen molar-refractivity contribution in [3.05, 3.63) is 63.3 Å². The first-order valence-corrected chi connectivity index (χ1v) is 8.30. The highest BCUT2D eigenvalue weighted by Gasteiger charge is 2.28. The lowest BCUT2D eigenvalue weighted by molar-refractivity contribution is 0.402. The van der Waals surface area contributed by atoms with Crippen LogP contribution in [0.2, 0.25) is 10.0 Å². The zero-order chi connectivity index (χ0) is 16.0. The molecule has 1 atom stereocenters. The van der Waals surface area contributed by atoms with Crippen LogP contribution in [0, 0.1) is 0 Å². The molecule has 2 heterocycles. The lowest BCUT2D eigenvalue weighted by Crippen LogP contribution is -2.30. The number of aromatic amines is 1. The van der Waals surface area contributed by atoms with Gasteiger partial charge in [-0.25, -0.2) is 0 Å². The van der Waals surface area contributed by atoms with Crippen molar-refractivity contribution in [2.75, 3.05) is 13.7 Å². The molecule has 0 amide bonds. The van der Waals surface area contributed by atoms with Crippen LogP contribution in [-0.2, 0) is 6.42 Å². The molecular formula is C18H16Cl2N2O. The van der Waals surface area contributed by atoms with Crippen LogP contribution >= 0.6 is 23.2 Å². The van der Waals surface area contributed by atoms with Gasteiger partial charge < -0.3 is 15.0 Å². The highest BCUT2D eigenvalue weighted by Crippen LogP contribution is 2.41. The summed E-state index contributed by atoms with van der Waals surface area (Å²) in [6.45, 7) is 0.896. The van der Waals surface area contributed by atoms with E-state index >= 15 is 0 Å². The summed E-state index contributed by atoms with van der Waals surface area (Å²) in [5, 5.41) is 5.97. The molecule has 0 saturated carbocycles. The molecule has 118 valence electrons. The van der Waals surface area contributed by atoms with Crippen LogP contribution in [0.4, 0.5) is 0 Å². The Kier molecular flexibility index (Phi) is 3.72. The fourth-order valence-electron chi connectivity index (χ4n) is 3.46. The van der Waals surface area contributed by atoms with Crippen LogP contribution in [0.15, 0.2) is 36.4 Å². The van der Waals surface area contributed by atoms with E-state index in [-0.39, 0.29) is 6.04 Å². The summed E-state index contributed by atoms with van der Waals surface area (Å²) in [5.41, 5.74) is 4.62. The predicted molar refractivity (Wildman–Crippen MR) is 94.9 cm³/mol. The van der Waals surface area contributed by atoms with Crippen molar-refractivity contribution in [3.8, 4) is 5.75 Å². The maximum atomic E-state index is 6.31. The van der Waals surface area contributed by atoms with E-state index in [4.69, 9.17) is 27.9 Å². The molecule has 4 rings (SSSR count). The molecule has 1 aromatic heterocycles. The number of hydrogen-bond donors (Lipinski definition) is 2. The van der Waals surface area contributed by atoms with Gasteiger partial charge in [-0.1, -0.05) is 41.4 Å². The van der Waals surface area contributed by atoms with E-state index in [1.807, 2.05) is 12.1 Å². The maximum Gasteiger partial charge on any atom is 0.142 e. The molecule has 0 spiro atoms. The van der Waals surface area contributed by atoms with Gasteiger partial charge in [0.05, 0.1) is 18.2 Å². The normalized spacial score (nSPS) is 17.3. The molecule has 0 bridgehead atoms. The Morgan fingerprint density at radius 2 is 2.00 bits per heavy atom. The largest absolute Gasteiger partial charge is 0.495 e. The lowest BCUT2D eigenvalue weighted by atomic mass is 9.94. The van der Waals surface area contributed by atoms with E-state index in [1.54, 1.807) is 13.2 Å². The molecule has 0 radical (unpaired) electrons. The topological polar surface area (TPSA) is 37.0 Å². The number of ether oxygens (including phenoxy) is 1. The number of benzene rings is 2. The molecular weight excluding hydrogens is 331 g/mol. The summed E-state index contributed by atoms with van der Waals surface area (Å²) in [5.74, 6) is 0.667. The Hall–Kier alpha value is -1.68. The quantitative estimate of drug-likeness (QED) is 0.704. The second kappa shape index (κ2) is 5.75. The highest BCUT2D eigenvalue weighted by atomic mass is 35.5. The average molecular weight is 347 g/mol. The molecule has 2 aromatic carbocycles. The van der Waals surface area contributed by atoms with Crippen molar-refractivity contribution in [2.45, 2.75) is 12.5 Å². The summed E-state index contributed by atoms with van der Waals surface area (Å²) < 4.78 is 5.53. The Morgan fingerprint density at radius 1 is 1.17 bits per heavy atom. The molecule has 0 saturated heterocycles. The molecule has 5 heteroatoms. The lowest BCUT2D eigenvalue weighted by Gasteiger charge is -2.26. The number of fused-ring (bicyclic) bond motifs is 3. The summed E-state index contributed by atoms with van der Waals surface area (Å²) >= 11 is 12.5. The number of rotatable bonds is 2. The standard InChI is InChI=1S/C18H16Cl2N2O/c1-23-18-13(8-10(19)9-14(18)20)16-17-12(6-7-21-16)11-4-2-3-5-15(11)22-17/h2-5,8-9,16,21-22H,6-7H2,1H3. The zero-order valence-corrected chi connectivity index (χ0v) is 14.1. The van der Waals surface area contributed by atoms with Gasteiger partial charge in [-0.3, -0.25) is 0 Å². The number of halogens is 2. The predicted octanol–water partition coefficient (Wildman–Crippen LogP) is 4.72. The van der Waals surface area contributed by atoms with Gasteiger partial charge in [0.15, 0.2) is 0 Å². The summed E-state index contributed by atoms with van der Waals surface area (Å²) in [7, 11) is 1.63. The number of H-pyrrole nitrogens is 1. The first kappa shape index (κ1) is 14.9. The van der Waals surface area contributed by atoms with Crippen molar-refractivity contribution in [1.82, 2.24) is 10.3 Å². The average Bonchev–Trinajstić information content (AvgIpc) is 2.93. The van der Waals surface area contributed by atoms with E-state index in [0.29, 0.717) is 15.8 Å². The highest BCUT2D eigenvalue weighted by molar-refractivity contribution is 6.35. The SMILES string of the molecule is COc1c(Cl)cc(Cl)cc1C1NCCc2c1[nH]c1ccccc21. The monoisotopic (exact) mass is 346 g/mol. The number of nitrogens with one attached hydrogen (secondary N) is 2.